The number of carbonyl (C=O) groups excluding carboxylic acids is 1. The molecule has 1 heterocycles. The van der Waals surface area contributed by atoms with E-state index in [2.05, 4.69) is 32.7 Å². The van der Waals surface area contributed by atoms with Gasteiger partial charge in [0.1, 0.15) is 6.29 Å². The van der Waals surface area contributed by atoms with Gasteiger partial charge in [0.05, 0.1) is 30.8 Å². The summed E-state index contributed by atoms with van der Waals surface area (Å²) in [6.45, 7) is 2.53. The second-order valence-corrected chi connectivity index (χ2v) is 6.15. The monoisotopic (exact) mass is 318 g/mol. The van der Waals surface area contributed by atoms with Crippen molar-refractivity contribution in [3.05, 3.63) is 34.9 Å². The molecule has 2 aliphatic rings. The number of hydrogen-bond donors (Lipinski definition) is 1. The van der Waals surface area contributed by atoms with Crippen LogP contribution in [0.5, 0.6) is 0 Å². The van der Waals surface area contributed by atoms with Crippen LogP contribution in [0.3, 0.4) is 0 Å². The molecule has 118 valence electrons. The van der Waals surface area contributed by atoms with Crippen LogP contribution >= 0.6 is 12.2 Å². The highest BCUT2D eigenvalue weighted by molar-refractivity contribution is 7.80. The van der Waals surface area contributed by atoms with Crippen LogP contribution in [0.2, 0.25) is 0 Å². The molecule has 0 radical (unpaired) electrons. The Kier molecular flexibility index (Phi) is 5.72. The van der Waals surface area contributed by atoms with Crippen molar-refractivity contribution in [2.45, 2.75) is 6.17 Å². The Morgan fingerprint density at radius 3 is 3.00 bits per heavy atom. The van der Waals surface area contributed by atoms with Gasteiger partial charge >= 0.3 is 0 Å². The van der Waals surface area contributed by atoms with Crippen LogP contribution in [0.25, 0.3) is 0 Å². The number of nitrogens with zero attached hydrogens (tertiary/aromatic N) is 3. The van der Waals surface area contributed by atoms with E-state index in [1.54, 1.807) is 0 Å². The second-order valence-electron chi connectivity index (χ2n) is 5.68. The molecule has 0 saturated carbocycles. The Labute approximate surface area is 137 Å². The minimum absolute atomic E-state index is 0.123. The molecular formula is C16H22N4OS. The Morgan fingerprint density at radius 1 is 1.55 bits per heavy atom. The van der Waals surface area contributed by atoms with E-state index in [4.69, 9.17) is 12.2 Å². The molecule has 0 aromatic carbocycles. The predicted octanol–water partition coefficient (Wildman–Crippen LogP) is 0.372. The van der Waals surface area contributed by atoms with E-state index < -0.39 is 0 Å². The molecule has 2 rings (SSSR count). The Hall–Kier alpha value is -1.68. The SMILES string of the molecule is CN(C)C1=CC(CN2CC(NCC=O)N(C)CC2=S)=C=C=C1. The average molecular weight is 318 g/mol. The first-order valence-electron chi connectivity index (χ1n) is 7.26. The van der Waals surface area contributed by atoms with Crippen LogP contribution in [-0.2, 0) is 4.79 Å². The van der Waals surface area contributed by atoms with Gasteiger partial charge < -0.3 is 14.6 Å². The van der Waals surface area contributed by atoms with Gasteiger partial charge in [-0.3, -0.25) is 10.2 Å². The van der Waals surface area contributed by atoms with Crippen LogP contribution in [-0.4, -0.2) is 79.5 Å². The molecule has 1 fully saturated rings. The van der Waals surface area contributed by atoms with E-state index in [-0.39, 0.29) is 6.17 Å². The lowest BCUT2D eigenvalue weighted by Gasteiger charge is -2.41. The van der Waals surface area contributed by atoms with Crippen molar-refractivity contribution in [2.75, 3.05) is 47.3 Å². The van der Waals surface area contributed by atoms with Gasteiger partial charge in [0.25, 0.3) is 0 Å². The third kappa shape index (κ3) is 4.17. The number of rotatable bonds is 6. The first-order valence-corrected chi connectivity index (χ1v) is 7.66. The van der Waals surface area contributed by atoms with Crippen molar-refractivity contribution in [3.8, 4) is 0 Å². The standard InChI is InChI=1S/C16H22N4OS/c1-18(2)14-6-4-5-13(9-14)10-20-11-15(17-7-8-21)19(3)12-16(20)22/h6,8-9,15,17H,7,10-12H2,1-3H3. The fourth-order valence-electron chi connectivity index (χ4n) is 2.44. The zero-order valence-corrected chi connectivity index (χ0v) is 14.1. The van der Waals surface area contributed by atoms with Crippen molar-refractivity contribution in [3.63, 3.8) is 0 Å². The third-order valence-corrected chi connectivity index (χ3v) is 4.14. The highest BCUT2D eigenvalue weighted by Crippen LogP contribution is 2.14. The lowest BCUT2D eigenvalue weighted by atomic mass is 10.1. The lowest BCUT2D eigenvalue weighted by molar-refractivity contribution is -0.107. The summed E-state index contributed by atoms with van der Waals surface area (Å²) in [7, 11) is 6.03. The van der Waals surface area contributed by atoms with Gasteiger partial charge in [0.15, 0.2) is 0 Å². The predicted molar refractivity (Wildman–Crippen MR) is 91.5 cm³/mol. The van der Waals surface area contributed by atoms with E-state index in [1.165, 1.54) is 0 Å². The van der Waals surface area contributed by atoms with Gasteiger partial charge in [-0.1, -0.05) is 23.7 Å². The second kappa shape index (κ2) is 7.54. The molecule has 1 N–H and O–H groups in total. The molecule has 1 unspecified atom stereocenters. The van der Waals surface area contributed by atoms with E-state index >= 15 is 0 Å². The van der Waals surface area contributed by atoms with Gasteiger partial charge in [-0.05, 0) is 13.1 Å². The molecule has 5 nitrogen and oxygen atoms in total. The number of piperazine rings is 1. The average Bonchev–Trinajstić information content (AvgIpc) is 2.49. The topological polar surface area (TPSA) is 38.8 Å². The highest BCUT2D eigenvalue weighted by Gasteiger charge is 2.27. The normalized spacial score (nSPS) is 21.7. The van der Waals surface area contributed by atoms with Gasteiger partial charge in [-0.2, -0.15) is 0 Å². The summed E-state index contributed by atoms with van der Waals surface area (Å²) < 4.78 is 0. The molecule has 0 amide bonds. The lowest BCUT2D eigenvalue weighted by Crippen LogP contribution is -2.59. The van der Waals surface area contributed by atoms with Gasteiger partial charge in [-0.25, -0.2) is 0 Å². The van der Waals surface area contributed by atoms with E-state index in [9.17, 15) is 4.79 Å². The first kappa shape index (κ1) is 16.7. The van der Waals surface area contributed by atoms with Crippen molar-refractivity contribution >= 4 is 23.5 Å². The van der Waals surface area contributed by atoms with E-state index in [0.29, 0.717) is 19.6 Å². The van der Waals surface area contributed by atoms with Crippen LogP contribution in [0, 0.1) is 0 Å². The van der Waals surface area contributed by atoms with Crippen molar-refractivity contribution in [1.29, 1.82) is 0 Å². The molecule has 0 bridgehead atoms. The number of likely N-dealkylation sites (N-methyl/N-ethyl adjacent to an activating group) is 2. The summed E-state index contributed by atoms with van der Waals surface area (Å²) >= 11 is 5.51. The zero-order valence-electron chi connectivity index (χ0n) is 13.3. The summed E-state index contributed by atoms with van der Waals surface area (Å²) in [6, 6.07) is 0. The Balaban J connectivity index is 2.05. The van der Waals surface area contributed by atoms with Gasteiger partial charge in [0.2, 0.25) is 0 Å². The molecule has 0 aromatic rings. The number of hydrogen-bond acceptors (Lipinski definition) is 5. The summed E-state index contributed by atoms with van der Waals surface area (Å²) in [5, 5.41) is 3.22. The van der Waals surface area contributed by atoms with Crippen LogP contribution in [0.1, 0.15) is 0 Å². The van der Waals surface area contributed by atoms with Crippen LogP contribution in [0.4, 0.5) is 0 Å². The van der Waals surface area contributed by atoms with Crippen molar-refractivity contribution in [2.24, 2.45) is 0 Å². The molecular weight excluding hydrogens is 296 g/mol. The minimum Gasteiger partial charge on any atom is -0.377 e. The first-order chi connectivity index (χ1) is 10.5. The zero-order chi connectivity index (χ0) is 16.1. The molecule has 1 atom stereocenters. The number of carbonyl (C=O) groups is 1. The van der Waals surface area contributed by atoms with Crippen LogP contribution < -0.4 is 5.32 Å². The fraction of sp³-hybridized carbons (Fsp3) is 0.500. The summed E-state index contributed by atoms with van der Waals surface area (Å²) in [5.41, 5.74) is 8.38. The maximum atomic E-state index is 10.6. The maximum Gasteiger partial charge on any atom is 0.133 e. The number of aldehydes is 1. The smallest absolute Gasteiger partial charge is 0.133 e. The quantitative estimate of drug-likeness (QED) is 0.433. The molecule has 1 aliphatic heterocycles. The molecule has 1 saturated heterocycles. The largest absolute Gasteiger partial charge is 0.377 e. The molecule has 22 heavy (non-hydrogen) atoms. The third-order valence-electron chi connectivity index (χ3n) is 3.75. The van der Waals surface area contributed by atoms with Crippen LogP contribution in [0.15, 0.2) is 34.9 Å². The number of thiocarbonyl (C=S) groups is 1. The van der Waals surface area contributed by atoms with Crippen molar-refractivity contribution < 1.29 is 4.79 Å². The molecule has 0 aromatic heterocycles. The highest BCUT2D eigenvalue weighted by atomic mass is 32.1. The molecule has 0 spiro atoms. The van der Waals surface area contributed by atoms with E-state index in [1.807, 2.05) is 32.1 Å². The fourth-order valence-corrected chi connectivity index (χ4v) is 2.78. The van der Waals surface area contributed by atoms with Crippen molar-refractivity contribution in [1.82, 2.24) is 20.0 Å². The summed E-state index contributed by atoms with van der Waals surface area (Å²) in [6.07, 6.45) is 5.03. The Morgan fingerprint density at radius 2 is 2.32 bits per heavy atom. The molecule has 1 aliphatic carbocycles. The summed E-state index contributed by atoms with van der Waals surface area (Å²) in [4.78, 5) is 17.8. The number of allylic oxidation sites excluding steroid dienone is 1. The number of nitrogens with one attached hydrogen (secondary N) is 1. The van der Waals surface area contributed by atoms with Gasteiger partial charge in [-0.15, -0.1) is 0 Å². The van der Waals surface area contributed by atoms with Gasteiger partial charge in [0, 0.05) is 38.0 Å². The minimum atomic E-state index is 0.123. The van der Waals surface area contributed by atoms with E-state index in [0.717, 1.165) is 29.1 Å². The maximum absolute atomic E-state index is 10.6. The molecule has 6 heteroatoms. The Bertz CT molecular complexity index is 583. The summed E-state index contributed by atoms with van der Waals surface area (Å²) in [5.74, 6) is 0.